The molecule has 1 aromatic carbocycles. The van der Waals surface area contributed by atoms with E-state index >= 15 is 0 Å². The fraction of sp³-hybridized carbons (Fsp3) is 0.417. The molecule has 1 unspecified atom stereocenters. The summed E-state index contributed by atoms with van der Waals surface area (Å²) < 4.78 is 44.4. The quantitative estimate of drug-likeness (QED) is 0.781. The number of alkyl halides is 3. The number of hydrogen-bond acceptors (Lipinski definition) is 3. The molecule has 0 aromatic heterocycles. The van der Waals surface area contributed by atoms with Crippen LogP contribution in [0.25, 0.3) is 0 Å². The SMILES string of the molecule is COC(=O)CC(C)c1cccc(OC(F)(F)F)c1. The zero-order valence-electron chi connectivity index (χ0n) is 9.95. The Bertz CT molecular complexity index is 415. The van der Waals surface area contributed by atoms with Crippen molar-refractivity contribution in [3.05, 3.63) is 29.8 Å². The minimum atomic E-state index is -4.72. The van der Waals surface area contributed by atoms with Crippen LogP contribution in [0.2, 0.25) is 0 Å². The third-order valence-corrected chi connectivity index (χ3v) is 2.36. The van der Waals surface area contributed by atoms with E-state index in [9.17, 15) is 18.0 Å². The molecule has 1 aromatic rings. The van der Waals surface area contributed by atoms with Crippen molar-refractivity contribution in [2.24, 2.45) is 0 Å². The molecule has 0 heterocycles. The van der Waals surface area contributed by atoms with Gasteiger partial charge in [-0.15, -0.1) is 13.2 Å². The van der Waals surface area contributed by atoms with Crippen LogP contribution in [0.1, 0.15) is 24.8 Å². The second-order valence-corrected chi connectivity index (χ2v) is 3.80. The van der Waals surface area contributed by atoms with Crippen LogP contribution in [0.5, 0.6) is 5.75 Å². The number of rotatable bonds is 4. The number of carbonyl (C=O) groups is 1. The van der Waals surface area contributed by atoms with Crippen molar-refractivity contribution < 1.29 is 27.4 Å². The van der Waals surface area contributed by atoms with Gasteiger partial charge in [-0.05, 0) is 23.6 Å². The molecule has 1 rings (SSSR count). The summed E-state index contributed by atoms with van der Waals surface area (Å²) in [6.45, 7) is 1.73. The number of halogens is 3. The van der Waals surface area contributed by atoms with Crippen LogP contribution in [-0.4, -0.2) is 19.4 Å². The molecule has 0 spiro atoms. The Hall–Kier alpha value is -1.72. The Morgan fingerprint density at radius 3 is 2.61 bits per heavy atom. The third-order valence-electron chi connectivity index (χ3n) is 2.36. The van der Waals surface area contributed by atoms with Gasteiger partial charge in [0.1, 0.15) is 5.75 Å². The summed E-state index contributed by atoms with van der Waals surface area (Å²) in [6.07, 6.45) is -4.61. The van der Waals surface area contributed by atoms with Crippen LogP contribution >= 0.6 is 0 Å². The van der Waals surface area contributed by atoms with Crippen molar-refractivity contribution in [2.45, 2.75) is 25.6 Å². The van der Waals surface area contributed by atoms with Gasteiger partial charge in [0.25, 0.3) is 0 Å². The molecule has 6 heteroatoms. The first-order valence-electron chi connectivity index (χ1n) is 5.24. The zero-order chi connectivity index (χ0) is 13.8. The van der Waals surface area contributed by atoms with Gasteiger partial charge in [-0.1, -0.05) is 19.1 Å². The molecule has 18 heavy (non-hydrogen) atoms. The lowest BCUT2D eigenvalue weighted by molar-refractivity contribution is -0.274. The monoisotopic (exact) mass is 262 g/mol. The summed E-state index contributed by atoms with van der Waals surface area (Å²) in [5.41, 5.74) is 0.585. The minimum Gasteiger partial charge on any atom is -0.469 e. The standard InChI is InChI=1S/C12H13F3O3/c1-8(6-11(16)17-2)9-4-3-5-10(7-9)18-12(13,14)15/h3-5,7-8H,6H2,1-2H3. The van der Waals surface area contributed by atoms with Crippen LogP contribution in [0.15, 0.2) is 24.3 Å². The van der Waals surface area contributed by atoms with Crippen molar-refractivity contribution in [3.63, 3.8) is 0 Å². The fourth-order valence-electron chi connectivity index (χ4n) is 1.47. The average Bonchev–Trinajstić information content (AvgIpc) is 2.26. The molecule has 0 saturated heterocycles. The van der Waals surface area contributed by atoms with Gasteiger partial charge in [0.05, 0.1) is 13.5 Å². The Kier molecular flexibility index (Phi) is 4.58. The average molecular weight is 262 g/mol. The molecule has 0 amide bonds. The molecule has 0 fully saturated rings. The van der Waals surface area contributed by atoms with E-state index in [4.69, 9.17) is 0 Å². The lowest BCUT2D eigenvalue weighted by Crippen LogP contribution is -2.17. The van der Waals surface area contributed by atoms with Crippen molar-refractivity contribution in [3.8, 4) is 5.75 Å². The molecule has 0 saturated carbocycles. The molecule has 0 bridgehead atoms. The molecule has 1 atom stereocenters. The molecule has 3 nitrogen and oxygen atoms in total. The summed E-state index contributed by atoms with van der Waals surface area (Å²) in [4.78, 5) is 11.1. The lowest BCUT2D eigenvalue weighted by atomic mass is 9.98. The van der Waals surface area contributed by atoms with Crippen LogP contribution in [0, 0.1) is 0 Å². The molecular formula is C12H13F3O3. The molecule has 0 N–H and O–H groups in total. The molecule has 0 radical (unpaired) electrons. The van der Waals surface area contributed by atoms with E-state index in [1.807, 2.05) is 0 Å². The molecule has 100 valence electrons. The van der Waals surface area contributed by atoms with Gasteiger partial charge in [0.2, 0.25) is 0 Å². The van der Waals surface area contributed by atoms with E-state index in [2.05, 4.69) is 9.47 Å². The highest BCUT2D eigenvalue weighted by atomic mass is 19.4. The summed E-state index contributed by atoms with van der Waals surface area (Å²) in [5.74, 6) is -0.949. The first-order valence-corrected chi connectivity index (χ1v) is 5.24. The second kappa shape index (κ2) is 5.75. The highest BCUT2D eigenvalue weighted by Crippen LogP contribution is 2.27. The number of ether oxygens (including phenoxy) is 2. The number of methoxy groups -OCH3 is 1. The van der Waals surface area contributed by atoms with Crippen molar-refractivity contribution in [1.82, 2.24) is 0 Å². The van der Waals surface area contributed by atoms with Gasteiger partial charge in [-0.3, -0.25) is 4.79 Å². The van der Waals surface area contributed by atoms with E-state index in [-0.39, 0.29) is 18.1 Å². The zero-order valence-corrected chi connectivity index (χ0v) is 9.95. The van der Waals surface area contributed by atoms with E-state index in [1.54, 1.807) is 13.0 Å². The van der Waals surface area contributed by atoms with Crippen LogP contribution < -0.4 is 4.74 Å². The van der Waals surface area contributed by atoms with Gasteiger partial charge in [0, 0.05) is 0 Å². The highest BCUT2D eigenvalue weighted by Gasteiger charge is 2.31. The number of benzene rings is 1. The topological polar surface area (TPSA) is 35.5 Å². The number of esters is 1. The van der Waals surface area contributed by atoms with Gasteiger partial charge in [0.15, 0.2) is 0 Å². The minimum absolute atomic E-state index is 0.103. The Morgan fingerprint density at radius 2 is 2.06 bits per heavy atom. The van der Waals surface area contributed by atoms with Crippen molar-refractivity contribution in [2.75, 3.05) is 7.11 Å². The predicted molar refractivity (Wildman–Crippen MR) is 58.2 cm³/mol. The first kappa shape index (κ1) is 14.3. The Morgan fingerprint density at radius 1 is 1.39 bits per heavy atom. The van der Waals surface area contributed by atoms with Gasteiger partial charge >= 0.3 is 12.3 Å². The van der Waals surface area contributed by atoms with Crippen molar-refractivity contribution >= 4 is 5.97 Å². The highest BCUT2D eigenvalue weighted by molar-refractivity contribution is 5.70. The second-order valence-electron chi connectivity index (χ2n) is 3.80. The predicted octanol–water partition coefficient (Wildman–Crippen LogP) is 3.25. The Balaban J connectivity index is 2.78. The number of carbonyl (C=O) groups excluding carboxylic acids is 1. The van der Waals surface area contributed by atoms with Gasteiger partial charge in [-0.25, -0.2) is 0 Å². The van der Waals surface area contributed by atoms with Gasteiger partial charge in [-0.2, -0.15) is 0 Å². The summed E-state index contributed by atoms with van der Waals surface area (Å²) in [6, 6.07) is 5.56. The van der Waals surface area contributed by atoms with E-state index in [0.717, 1.165) is 0 Å². The first-order chi connectivity index (χ1) is 8.31. The van der Waals surface area contributed by atoms with E-state index < -0.39 is 12.3 Å². The normalized spacial score (nSPS) is 12.9. The largest absolute Gasteiger partial charge is 0.573 e. The summed E-state index contributed by atoms with van der Waals surface area (Å²) in [5, 5.41) is 0. The Labute approximate surface area is 103 Å². The van der Waals surface area contributed by atoms with Crippen LogP contribution in [0.4, 0.5) is 13.2 Å². The van der Waals surface area contributed by atoms with Crippen LogP contribution in [0.3, 0.4) is 0 Å². The maximum atomic E-state index is 12.0. The van der Waals surface area contributed by atoms with E-state index in [0.29, 0.717) is 5.56 Å². The fourth-order valence-corrected chi connectivity index (χ4v) is 1.47. The molecular weight excluding hydrogens is 249 g/mol. The summed E-state index contributed by atoms with van der Waals surface area (Å²) >= 11 is 0. The van der Waals surface area contributed by atoms with E-state index in [1.165, 1.54) is 25.3 Å². The van der Waals surface area contributed by atoms with Crippen molar-refractivity contribution in [1.29, 1.82) is 0 Å². The number of hydrogen-bond donors (Lipinski definition) is 0. The maximum Gasteiger partial charge on any atom is 0.573 e. The van der Waals surface area contributed by atoms with Crippen LogP contribution in [-0.2, 0) is 9.53 Å². The molecule has 0 aliphatic carbocycles. The molecule has 0 aliphatic rings. The molecule has 0 aliphatic heterocycles. The smallest absolute Gasteiger partial charge is 0.469 e. The third kappa shape index (κ3) is 4.65. The van der Waals surface area contributed by atoms with Gasteiger partial charge < -0.3 is 9.47 Å². The summed E-state index contributed by atoms with van der Waals surface area (Å²) in [7, 11) is 1.26. The maximum absolute atomic E-state index is 12.0. The lowest BCUT2D eigenvalue weighted by Gasteiger charge is -2.13.